The summed E-state index contributed by atoms with van der Waals surface area (Å²) >= 11 is 0. The Bertz CT molecular complexity index is 622. The number of carbonyl (C=O) groups is 1. The molecule has 0 aliphatic carbocycles. The first-order valence-electron chi connectivity index (χ1n) is 8.90. The van der Waals surface area contributed by atoms with Crippen LogP contribution in [0.1, 0.15) is 25.8 Å². The van der Waals surface area contributed by atoms with Crippen molar-refractivity contribution in [1.29, 1.82) is 0 Å². The van der Waals surface area contributed by atoms with E-state index in [2.05, 4.69) is 29.5 Å². The van der Waals surface area contributed by atoms with E-state index in [1.54, 1.807) is 35.4 Å². The Morgan fingerprint density at radius 3 is 2.19 bits per heavy atom. The third-order valence-electron chi connectivity index (χ3n) is 4.05. The van der Waals surface area contributed by atoms with E-state index in [0.29, 0.717) is 29.8 Å². The van der Waals surface area contributed by atoms with Crippen molar-refractivity contribution in [3.8, 4) is 17.2 Å². The van der Waals surface area contributed by atoms with Gasteiger partial charge < -0.3 is 29.7 Å². The van der Waals surface area contributed by atoms with Crippen molar-refractivity contribution < 1.29 is 19.0 Å². The zero-order chi connectivity index (χ0) is 20.4. The van der Waals surface area contributed by atoms with Gasteiger partial charge in [0.15, 0.2) is 17.5 Å². The van der Waals surface area contributed by atoms with E-state index >= 15 is 0 Å². The van der Waals surface area contributed by atoms with Gasteiger partial charge in [0.2, 0.25) is 11.7 Å². The van der Waals surface area contributed by atoms with Crippen LogP contribution in [-0.4, -0.2) is 64.8 Å². The second kappa shape index (κ2) is 11.2. The minimum Gasteiger partial charge on any atom is -0.493 e. The Morgan fingerprint density at radius 2 is 1.74 bits per heavy atom. The number of carbonyl (C=O) groups excluding carboxylic acids is 1. The van der Waals surface area contributed by atoms with Gasteiger partial charge in [-0.2, -0.15) is 0 Å². The van der Waals surface area contributed by atoms with E-state index in [0.717, 1.165) is 12.0 Å². The van der Waals surface area contributed by atoms with Gasteiger partial charge in [0.25, 0.3) is 0 Å². The molecule has 2 N–H and O–H groups in total. The average Bonchev–Trinajstić information content (AvgIpc) is 2.68. The molecule has 1 rings (SSSR count). The quantitative estimate of drug-likeness (QED) is 0.500. The number of ether oxygens (including phenoxy) is 3. The molecule has 1 atom stereocenters. The molecule has 0 aromatic heterocycles. The van der Waals surface area contributed by atoms with Crippen LogP contribution in [0.3, 0.4) is 0 Å². The lowest BCUT2D eigenvalue weighted by molar-refractivity contribution is -0.127. The number of likely N-dealkylation sites (N-methyl/N-ethyl adjacent to an activating group) is 1. The zero-order valence-corrected chi connectivity index (χ0v) is 17.4. The summed E-state index contributed by atoms with van der Waals surface area (Å²) in [4.78, 5) is 18.0. The van der Waals surface area contributed by atoms with Crippen molar-refractivity contribution in [3.05, 3.63) is 17.7 Å². The molecule has 152 valence electrons. The van der Waals surface area contributed by atoms with Crippen LogP contribution in [0, 0.1) is 0 Å². The number of amides is 1. The first-order chi connectivity index (χ1) is 12.9. The maximum Gasteiger partial charge on any atom is 0.241 e. The van der Waals surface area contributed by atoms with Gasteiger partial charge in [-0.05, 0) is 31.0 Å². The molecule has 0 saturated heterocycles. The molecule has 1 amide bonds. The largest absolute Gasteiger partial charge is 0.493 e. The fourth-order valence-electron chi connectivity index (χ4n) is 2.20. The SMILES string of the molecule is CCC(C)NC(=NCc1cc(OC)c(OC)c(OC)c1)NCC(=O)N(C)C. The van der Waals surface area contributed by atoms with Crippen LogP contribution in [0.4, 0.5) is 0 Å². The predicted octanol–water partition coefficient (Wildman–Crippen LogP) is 1.63. The molecule has 8 nitrogen and oxygen atoms in total. The Kier molecular flexibility index (Phi) is 9.25. The number of rotatable bonds is 9. The average molecular weight is 380 g/mol. The second-order valence-corrected chi connectivity index (χ2v) is 6.29. The molecule has 27 heavy (non-hydrogen) atoms. The summed E-state index contributed by atoms with van der Waals surface area (Å²) in [5.74, 6) is 2.25. The third kappa shape index (κ3) is 6.88. The highest BCUT2D eigenvalue weighted by Gasteiger charge is 2.13. The normalized spacial score (nSPS) is 12.2. The summed E-state index contributed by atoms with van der Waals surface area (Å²) in [6.07, 6.45) is 0.937. The first-order valence-corrected chi connectivity index (χ1v) is 8.90. The molecule has 0 aliphatic heterocycles. The summed E-state index contributed by atoms with van der Waals surface area (Å²) < 4.78 is 16.1. The standard InChI is InChI=1S/C19H32N4O4/c1-8-13(2)22-19(21-12-17(24)23(3)4)20-11-14-9-15(25-5)18(27-7)16(10-14)26-6/h9-10,13H,8,11-12H2,1-7H3,(H2,20,21,22). The van der Waals surface area contributed by atoms with Gasteiger partial charge >= 0.3 is 0 Å². The number of nitrogens with one attached hydrogen (secondary N) is 2. The Balaban J connectivity index is 3.01. The molecule has 0 aliphatic rings. The second-order valence-electron chi connectivity index (χ2n) is 6.29. The van der Waals surface area contributed by atoms with Gasteiger partial charge in [0.1, 0.15) is 0 Å². The maximum absolute atomic E-state index is 11.8. The van der Waals surface area contributed by atoms with Crippen molar-refractivity contribution >= 4 is 11.9 Å². The smallest absolute Gasteiger partial charge is 0.241 e. The van der Waals surface area contributed by atoms with Gasteiger partial charge in [0, 0.05) is 20.1 Å². The minimum absolute atomic E-state index is 0.0264. The number of methoxy groups -OCH3 is 3. The predicted molar refractivity (Wildman–Crippen MR) is 107 cm³/mol. The number of aliphatic imine (C=N–C) groups is 1. The summed E-state index contributed by atoms with van der Waals surface area (Å²) in [7, 11) is 8.17. The van der Waals surface area contributed by atoms with Crippen LogP contribution in [0.5, 0.6) is 17.2 Å². The molecule has 8 heteroatoms. The van der Waals surface area contributed by atoms with Gasteiger partial charge in [-0.3, -0.25) is 4.79 Å². The number of hydrogen-bond donors (Lipinski definition) is 2. The molecular formula is C19H32N4O4. The van der Waals surface area contributed by atoms with Crippen LogP contribution in [0.2, 0.25) is 0 Å². The van der Waals surface area contributed by atoms with Gasteiger partial charge in [0.05, 0.1) is 34.4 Å². The molecule has 0 fully saturated rings. The van der Waals surface area contributed by atoms with E-state index < -0.39 is 0 Å². The molecule has 0 radical (unpaired) electrons. The zero-order valence-electron chi connectivity index (χ0n) is 17.4. The van der Waals surface area contributed by atoms with Crippen LogP contribution in [0.25, 0.3) is 0 Å². The number of nitrogens with zero attached hydrogens (tertiary/aromatic N) is 2. The van der Waals surface area contributed by atoms with Crippen molar-refractivity contribution in [2.24, 2.45) is 4.99 Å². The van der Waals surface area contributed by atoms with Gasteiger partial charge in [-0.25, -0.2) is 4.99 Å². The van der Waals surface area contributed by atoms with Crippen LogP contribution in [0.15, 0.2) is 17.1 Å². The fourth-order valence-corrected chi connectivity index (χ4v) is 2.20. The Morgan fingerprint density at radius 1 is 1.15 bits per heavy atom. The van der Waals surface area contributed by atoms with Crippen molar-refractivity contribution in [2.45, 2.75) is 32.9 Å². The van der Waals surface area contributed by atoms with Crippen molar-refractivity contribution in [3.63, 3.8) is 0 Å². The summed E-state index contributed by atoms with van der Waals surface area (Å²) in [5, 5.41) is 6.37. The highest BCUT2D eigenvalue weighted by Crippen LogP contribution is 2.38. The molecule has 1 aromatic carbocycles. The topological polar surface area (TPSA) is 84.4 Å². The van der Waals surface area contributed by atoms with Gasteiger partial charge in [-0.15, -0.1) is 0 Å². The number of hydrogen-bond acceptors (Lipinski definition) is 5. The molecule has 0 saturated carbocycles. The Labute approximate surface area is 161 Å². The first kappa shape index (κ1) is 22.4. The van der Waals surface area contributed by atoms with Crippen LogP contribution < -0.4 is 24.8 Å². The Hall–Kier alpha value is -2.64. The molecule has 0 bridgehead atoms. The highest BCUT2D eigenvalue weighted by atomic mass is 16.5. The van der Waals surface area contributed by atoms with E-state index in [1.165, 1.54) is 4.90 Å². The summed E-state index contributed by atoms with van der Waals surface area (Å²) in [6, 6.07) is 3.94. The third-order valence-corrected chi connectivity index (χ3v) is 4.05. The minimum atomic E-state index is -0.0264. The lowest BCUT2D eigenvalue weighted by Gasteiger charge is -2.18. The maximum atomic E-state index is 11.8. The lowest BCUT2D eigenvalue weighted by Crippen LogP contribution is -2.45. The van der Waals surface area contributed by atoms with Crippen molar-refractivity contribution in [2.75, 3.05) is 42.0 Å². The highest BCUT2D eigenvalue weighted by molar-refractivity contribution is 5.86. The summed E-state index contributed by atoms with van der Waals surface area (Å²) in [6.45, 7) is 4.70. The van der Waals surface area contributed by atoms with E-state index in [1.807, 2.05) is 12.1 Å². The molecular weight excluding hydrogens is 348 g/mol. The van der Waals surface area contributed by atoms with Crippen LogP contribution in [-0.2, 0) is 11.3 Å². The monoisotopic (exact) mass is 380 g/mol. The molecule has 1 unspecified atom stereocenters. The molecule has 0 spiro atoms. The van der Waals surface area contributed by atoms with Gasteiger partial charge in [-0.1, -0.05) is 6.92 Å². The van der Waals surface area contributed by atoms with E-state index in [-0.39, 0.29) is 18.5 Å². The lowest BCUT2D eigenvalue weighted by atomic mass is 10.2. The number of guanidine groups is 1. The van der Waals surface area contributed by atoms with Crippen LogP contribution >= 0.6 is 0 Å². The van der Waals surface area contributed by atoms with E-state index in [9.17, 15) is 4.79 Å². The number of benzene rings is 1. The van der Waals surface area contributed by atoms with Crippen molar-refractivity contribution in [1.82, 2.24) is 15.5 Å². The molecule has 0 heterocycles. The van der Waals surface area contributed by atoms with E-state index in [4.69, 9.17) is 14.2 Å². The molecule has 1 aromatic rings. The summed E-state index contributed by atoms with van der Waals surface area (Å²) in [5.41, 5.74) is 0.897. The fraction of sp³-hybridized carbons (Fsp3) is 0.579.